The molecule has 5 heteroatoms. The number of hydrogen-bond donors (Lipinski definition) is 1. The molecule has 2 heterocycles. The van der Waals surface area contributed by atoms with E-state index < -0.39 is 13.7 Å². The van der Waals surface area contributed by atoms with Gasteiger partial charge in [-0.3, -0.25) is 9.55 Å². The Morgan fingerprint density at radius 1 is 0.627 bits per heavy atom. The summed E-state index contributed by atoms with van der Waals surface area (Å²) in [5.41, 5.74) is 11.3. The van der Waals surface area contributed by atoms with Gasteiger partial charge < -0.3 is 5.11 Å². The molecule has 0 spiro atoms. The Bertz CT molecular complexity index is 3070. The van der Waals surface area contributed by atoms with Gasteiger partial charge in [-0.25, -0.2) is 4.98 Å². The molecule has 0 atom stereocenters. The number of aromatic hydroxyl groups is 1. The van der Waals surface area contributed by atoms with E-state index in [4.69, 9.17) is 18.2 Å². The molecule has 0 saturated heterocycles. The topological polar surface area (TPSA) is 50.9 Å². The predicted molar refractivity (Wildman–Crippen MR) is 243 cm³/mol. The van der Waals surface area contributed by atoms with Gasteiger partial charge in [-0.15, -0.1) is 29.3 Å². The molecule has 4 nitrogen and oxygen atoms in total. The monoisotopic (exact) mass is 959 g/mol. The van der Waals surface area contributed by atoms with Crippen LogP contribution in [0.5, 0.6) is 5.75 Å². The largest absolute Gasteiger partial charge is 0.507 e. The van der Waals surface area contributed by atoms with Crippen molar-refractivity contribution in [1.82, 2.24) is 14.5 Å². The maximum Gasteiger partial charge on any atom is 0.148 e. The summed E-state index contributed by atoms with van der Waals surface area (Å²) in [5.74, 6) is 0.396. The fraction of sp³-hybridized carbons (Fsp3) is 0.222. The molecule has 0 fully saturated rings. The Kier molecular flexibility index (Phi) is 9.24. The van der Waals surface area contributed by atoms with Crippen LogP contribution >= 0.6 is 0 Å². The SMILES string of the molecule is [2H]C([2H])([2H])c1cc(-n2c(-c3cc(C)cc(C)c3O)nc3c(-c4[c-]c(-c5cc(-c6ccc(C(C)(C)C)cc6)ccn5)cc(C(C)(C)C)c4)cccc32)cc(-c2ccccc2)c1C([2H])([2H])[2H].[Pt]. The van der Waals surface area contributed by atoms with Crippen molar-refractivity contribution in [2.24, 2.45) is 0 Å². The van der Waals surface area contributed by atoms with Crippen LogP contribution in [0.1, 0.15) is 83.1 Å². The van der Waals surface area contributed by atoms with Crippen LogP contribution in [0.25, 0.3) is 72.7 Å². The fourth-order valence-corrected chi connectivity index (χ4v) is 7.70. The van der Waals surface area contributed by atoms with Crippen LogP contribution in [0, 0.1) is 33.6 Å². The standard InChI is InChI=1S/C54H52N3O.Pt/c1-33-25-35(3)51(58)47(26-33)52-56-50-45(17-14-18-49(50)57(52)44-27-34(2)36(4)46(32-44)38-15-12-11-13-16-38)40-28-41(30-43(29-40)54(8,9)10)48-31-39(23-24-55-48)37-19-21-42(22-20-37)53(5,6)7;/h11-27,29-32,58H,1-10H3;/q-1;/i2D3,4D3;. The summed E-state index contributed by atoms with van der Waals surface area (Å²) in [6.07, 6.45) is 1.83. The molecule has 0 unspecified atom stereocenters. The number of aromatic nitrogens is 3. The number of rotatable bonds is 6. The molecule has 59 heavy (non-hydrogen) atoms. The molecule has 0 bridgehead atoms. The first-order valence-corrected chi connectivity index (χ1v) is 19.7. The average Bonchev–Trinajstić information content (AvgIpc) is 3.63. The number of nitrogens with zero attached hydrogens (tertiary/aromatic N) is 3. The molecule has 1 N–H and O–H groups in total. The number of hydrogen-bond acceptors (Lipinski definition) is 3. The Morgan fingerprint density at radius 3 is 2.05 bits per heavy atom. The number of imidazole rings is 1. The minimum atomic E-state index is -2.78. The second-order valence-electron chi connectivity index (χ2n) is 17.4. The van der Waals surface area contributed by atoms with Crippen molar-refractivity contribution in [3.05, 3.63) is 167 Å². The molecule has 0 amide bonds. The van der Waals surface area contributed by atoms with E-state index in [0.29, 0.717) is 39.2 Å². The van der Waals surface area contributed by atoms with Gasteiger partial charge >= 0.3 is 0 Å². The van der Waals surface area contributed by atoms with Gasteiger partial charge in [-0.2, -0.15) is 0 Å². The van der Waals surface area contributed by atoms with Crippen molar-refractivity contribution in [2.75, 3.05) is 0 Å². The van der Waals surface area contributed by atoms with Crippen LogP contribution in [-0.2, 0) is 31.9 Å². The molecule has 0 aliphatic carbocycles. The number of pyridine rings is 1. The predicted octanol–water partition coefficient (Wildman–Crippen LogP) is 14.1. The van der Waals surface area contributed by atoms with Gasteiger partial charge in [0.15, 0.2) is 0 Å². The normalized spacial score (nSPS) is 13.8. The van der Waals surface area contributed by atoms with E-state index in [2.05, 4.69) is 90.1 Å². The van der Waals surface area contributed by atoms with E-state index in [1.807, 2.05) is 67.1 Å². The third-order valence-electron chi connectivity index (χ3n) is 11.0. The first kappa shape index (κ1) is 34.3. The van der Waals surface area contributed by atoms with Gasteiger partial charge in [0.2, 0.25) is 0 Å². The van der Waals surface area contributed by atoms with Gasteiger partial charge in [-0.05, 0) is 119 Å². The molecule has 0 aliphatic rings. The minimum Gasteiger partial charge on any atom is -0.507 e. The summed E-state index contributed by atoms with van der Waals surface area (Å²) >= 11 is 0. The molecule has 0 radical (unpaired) electrons. The number of fused-ring (bicyclic) bond motifs is 1. The van der Waals surface area contributed by atoms with E-state index in [1.165, 1.54) is 11.6 Å². The first-order valence-electron chi connectivity index (χ1n) is 22.7. The van der Waals surface area contributed by atoms with Crippen molar-refractivity contribution in [3.63, 3.8) is 0 Å². The second-order valence-corrected chi connectivity index (χ2v) is 17.4. The molecular formula is C54H52N3OPt-. The molecule has 0 aliphatic heterocycles. The van der Waals surface area contributed by atoms with Gasteiger partial charge in [0.1, 0.15) is 11.6 Å². The van der Waals surface area contributed by atoms with E-state index in [9.17, 15) is 5.11 Å². The number of aryl methyl sites for hydroxylation is 3. The molecule has 6 aromatic carbocycles. The Morgan fingerprint density at radius 2 is 1.36 bits per heavy atom. The molecule has 8 rings (SSSR count). The number of phenolic OH excluding ortho intramolecular Hbond substituents is 1. The average molecular weight is 960 g/mol. The van der Waals surface area contributed by atoms with E-state index in [1.54, 1.807) is 30.3 Å². The van der Waals surface area contributed by atoms with Gasteiger partial charge in [0, 0.05) is 46.9 Å². The van der Waals surface area contributed by atoms with Crippen LogP contribution in [0.2, 0.25) is 0 Å². The van der Waals surface area contributed by atoms with Crippen LogP contribution in [0.4, 0.5) is 0 Å². The van der Waals surface area contributed by atoms with Gasteiger partial charge in [-0.1, -0.05) is 132 Å². The number of benzene rings is 6. The van der Waals surface area contributed by atoms with Crippen LogP contribution < -0.4 is 0 Å². The summed E-state index contributed by atoms with van der Waals surface area (Å²) in [6.45, 7) is 11.4. The summed E-state index contributed by atoms with van der Waals surface area (Å²) < 4.78 is 53.6. The van der Waals surface area contributed by atoms with E-state index >= 15 is 0 Å². The summed E-state index contributed by atoms with van der Waals surface area (Å²) in [6, 6.07) is 42.5. The summed E-state index contributed by atoms with van der Waals surface area (Å²) in [7, 11) is 0. The van der Waals surface area contributed by atoms with Crippen molar-refractivity contribution in [2.45, 2.75) is 79.9 Å². The Balaban J connectivity index is 0.00000630. The maximum atomic E-state index is 11.7. The fourth-order valence-electron chi connectivity index (χ4n) is 7.70. The zero-order valence-corrected chi connectivity index (χ0v) is 37.0. The Hall–Kier alpha value is -5.57. The van der Waals surface area contributed by atoms with Crippen molar-refractivity contribution in [1.29, 1.82) is 0 Å². The first-order chi connectivity index (χ1) is 30.0. The van der Waals surface area contributed by atoms with Crippen molar-refractivity contribution in [3.8, 4) is 67.5 Å². The van der Waals surface area contributed by atoms with Crippen LogP contribution in [0.15, 0.2) is 128 Å². The third-order valence-corrected chi connectivity index (χ3v) is 11.0. The van der Waals surface area contributed by atoms with Crippen molar-refractivity contribution >= 4 is 11.0 Å². The molecular weight excluding hydrogens is 902 g/mol. The van der Waals surface area contributed by atoms with E-state index in [0.717, 1.165) is 44.6 Å². The molecule has 8 aromatic rings. The zero-order valence-electron chi connectivity index (χ0n) is 40.7. The zero-order chi connectivity index (χ0) is 46.1. The van der Waals surface area contributed by atoms with Gasteiger partial charge in [0.05, 0.1) is 16.6 Å². The van der Waals surface area contributed by atoms with Crippen LogP contribution in [-0.4, -0.2) is 19.6 Å². The third kappa shape index (κ3) is 8.08. The maximum absolute atomic E-state index is 11.7. The molecule has 2 aromatic heterocycles. The molecule has 0 saturated carbocycles. The summed E-state index contributed by atoms with van der Waals surface area (Å²) in [5, 5.41) is 11.7. The van der Waals surface area contributed by atoms with Gasteiger partial charge in [0.25, 0.3) is 0 Å². The number of phenols is 1. The molecule has 300 valence electrons. The quantitative estimate of drug-likeness (QED) is 0.169. The summed E-state index contributed by atoms with van der Waals surface area (Å²) in [4.78, 5) is 10.2. The minimum absolute atomic E-state index is 0. The smallest absolute Gasteiger partial charge is 0.148 e. The number of para-hydroxylation sites is 1. The second kappa shape index (κ2) is 15.9. The van der Waals surface area contributed by atoms with E-state index in [-0.39, 0.29) is 54.3 Å². The van der Waals surface area contributed by atoms with Crippen molar-refractivity contribution < 1.29 is 34.4 Å². The van der Waals surface area contributed by atoms with Crippen LogP contribution in [0.3, 0.4) is 0 Å². The Labute approximate surface area is 372 Å².